The number of carbonyl (C=O) groups excluding carboxylic acids is 2. The molecule has 2 amide bonds. The van der Waals surface area contributed by atoms with E-state index in [9.17, 15) is 9.59 Å². The molecule has 0 aromatic rings. The van der Waals surface area contributed by atoms with E-state index in [0.29, 0.717) is 0 Å². The Kier molecular flexibility index (Phi) is 1.14. The molecule has 0 aliphatic carbocycles. The first kappa shape index (κ1) is 4.87. The van der Waals surface area contributed by atoms with Gasteiger partial charge in [0.2, 0.25) is 11.8 Å². The van der Waals surface area contributed by atoms with Gasteiger partial charge < -0.3 is 10.6 Å². The Hall–Kier alpha value is -0.970. The molecule has 2 N–H and O–H groups in total. The fourth-order valence-electron chi connectivity index (χ4n) is 0.446. The van der Waals surface area contributed by atoms with Crippen LogP contribution >= 0.6 is 12.2 Å². The normalized spacial score (nSPS) is 22.7. The summed E-state index contributed by atoms with van der Waals surface area (Å²) in [4.78, 5) is 21.1. The molecule has 9 heavy (non-hydrogen) atoms. The molecule has 0 aromatic heterocycles. The van der Waals surface area contributed by atoms with Crippen LogP contribution in [0.2, 0.25) is 0 Å². The van der Waals surface area contributed by atoms with Crippen molar-refractivity contribution < 1.29 is 11.0 Å². The van der Waals surface area contributed by atoms with Crippen LogP contribution in [0.5, 0.6) is 0 Å². The molecule has 0 aromatic carbocycles. The molecule has 0 unspecified atom stereocenters. The topological polar surface area (TPSA) is 58.2 Å². The number of rotatable bonds is 0. The minimum absolute atomic E-state index is 0.0292. The van der Waals surface area contributed by atoms with Crippen LogP contribution in [0.25, 0.3) is 0 Å². The molecule has 0 saturated carbocycles. The third-order valence-electron chi connectivity index (χ3n) is 0.736. The second-order valence-electron chi connectivity index (χ2n) is 1.45. The molecule has 1 saturated heterocycles. The summed E-state index contributed by atoms with van der Waals surface area (Å²) in [5, 5.41) is 4.24. The Balaban J connectivity index is 2.76. The van der Waals surface area contributed by atoms with Gasteiger partial charge in [0.25, 0.3) is 0 Å². The van der Waals surface area contributed by atoms with Crippen molar-refractivity contribution in [3.8, 4) is 0 Å². The molecule has 4 nitrogen and oxygen atoms in total. The first-order valence-electron chi connectivity index (χ1n) is 2.77. The molecular weight excluding hydrogens is 140 g/mol. The molecule has 0 bridgehead atoms. The number of hydrogen-bond donors (Lipinski definition) is 2. The maximum Gasteiger partial charge on any atom is 0.235 e. The monoisotopic (exact) mass is 145 g/mol. The van der Waals surface area contributed by atoms with Gasteiger partial charge in [-0.3, -0.25) is 9.59 Å². The standard InChI is InChI=1S/C4H4N2O2S/c7-2-1-3(8)6-4(9)5-2/h1H2,(H2,5,6,7,8,9)/i1D. The third kappa shape index (κ3) is 1.46. The zero-order valence-electron chi connectivity index (χ0n) is 5.30. The summed E-state index contributed by atoms with van der Waals surface area (Å²) in [6, 6.07) is 0. The highest BCUT2D eigenvalue weighted by molar-refractivity contribution is 7.80. The fraction of sp³-hybridized carbons (Fsp3) is 0.250. The average molecular weight is 145 g/mol. The first-order chi connectivity index (χ1) is 4.61. The van der Waals surface area contributed by atoms with Crippen LogP contribution < -0.4 is 10.6 Å². The Morgan fingerprint density at radius 3 is 2.33 bits per heavy atom. The van der Waals surface area contributed by atoms with E-state index in [1.54, 1.807) is 0 Å². The second kappa shape index (κ2) is 2.10. The van der Waals surface area contributed by atoms with E-state index in [1.165, 1.54) is 0 Å². The molecule has 1 heterocycles. The summed E-state index contributed by atoms with van der Waals surface area (Å²) in [6.45, 7) is 0. The number of carbonyl (C=O) groups is 2. The van der Waals surface area contributed by atoms with Gasteiger partial charge in [0.1, 0.15) is 6.40 Å². The van der Waals surface area contributed by atoms with Gasteiger partial charge >= 0.3 is 0 Å². The lowest BCUT2D eigenvalue weighted by molar-refractivity contribution is -0.129. The van der Waals surface area contributed by atoms with E-state index < -0.39 is 18.2 Å². The van der Waals surface area contributed by atoms with Crippen molar-refractivity contribution in [2.45, 2.75) is 6.40 Å². The van der Waals surface area contributed by atoms with Crippen molar-refractivity contribution in [2.24, 2.45) is 0 Å². The van der Waals surface area contributed by atoms with Crippen LogP contribution in [0.15, 0.2) is 0 Å². The van der Waals surface area contributed by atoms with Gasteiger partial charge in [0.15, 0.2) is 5.11 Å². The maximum absolute atomic E-state index is 10.6. The fourth-order valence-corrected chi connectivity index (χ4v) is 0.647. The van der Waals surface area contributed by atoms with E-state index in [1.807, 2.05) is 0 Å². The van der Waals surface area contributed by atoms with E-state index >= 15 is 0 Å². The number of amides is 2. The molecule has 5 heteroatoms. The number of nitrogens with one attached hydrogen (secondary N) is 2. The summed E-state index contributed by atoms with van der Waals surface area (Å²) < 4.78 is 6.89. The van der Waals surface area contributed by atoms with Gasteiger partial charge in [-0.25, -0.2) is 0 Å². The predicted molar refractivity (Wildman–Crippen MR) is 33.5 cm³/mol. The quantitative estimate of drug-likeness (QED) is 0.336. The SMILES string of the molecule is [2H]C1C(=O)NC(=S)NC1=O. The molecule has 1 aliphatic rings. The summed E-state index contributed by atoms with van der Waals surface area (Å²) in [5.74, 6) is -1.34. The van der Waals surface area contributed by atoms with Crippen LogP contribution in [0.4, 0.5) is 0 Å². The molecule has 1 aliphatic heterocycles. The molecular formula is C4H4N2O2S. The first-order valence-corrected chi connectivity index (χ1v) is 2.60. The Bertz CT molecular complexity index is 197. The van der Waals surface area contributed by atoms with Crippen LogP contribution in [0, 0.1) is 0 Å². The lowest BCUT2D eigenvalue weighted by Gasteiger charge is -2.12. The summed E-state index contributed by atoms with van der Waals surface area (Å²) in [7, 11) is 0. The lowest BCUT2D eigenvalue weighted by atomic mass is 10.3. The van der Waals surface area contributed by atoms with Crippen molar-refractivity contribution >= 4 is 29.1 Å². The largest absolute Gasteiger partial charge is 0.302 e. The predicted octanol–water partition coefficient (Wildman–Crippen LogP) is -1.09. The molecule has 1 rings (SSSR count). The van der Waals surface area contributed by atoms with E-state index in [0.717, 1.165) is 0 Å². The zero-order chi connectivity index (χ0) is 7.72. The summed E-state index contributed by atoms with van der Waals surface area (Å²) in [5.41, 5.74) is 0. The number of hydrogen-bond acceptors (Lipinski definition) is 3. The lowest BCUT2D eigenvalue weighted by Crippen LogP contribution is -2.49. The zero-order valence-corrected chi connectivity index (χ0v) is 5.12. The van der Waals surface area contributed by atoms with E-state index in [-0.39, 0.29) is 5.11 Å². The van der Waals surface area contributed by atoms with Crippen molar-refractivity contribution in [2.75, 3.05) is 0 Å². The van der Waals surface area contributed by atoms with Gasteiger partial charge in [-0.2, -0.15) is 0 Å². The molecule has 1 fully saturated rings. The van der Waals surface area contributed by atoms with Crippen LogP contribution in [-0.2, 0) is 9.59 Å². The van der Waals surface area contributed by atoms with Crippen molar-refractivity contribution in [3.63, 3.8) is 0 Å². The van der Waals surface area contributed by atoms with Crippen LogP contribution in [-0.4, -0.2) is 16.9 Å². The van der Waals surface area contributed by atoms with E-state index in [2.05, 4.69) is 22.9 Å². The molecule has 0 atom stereocenters. The summed E-state index contributed by atoms with van der Waals surface area (Å²) >= 11 is 4.47. The minimum Gasteiger partial charge on any atom is -0.302 e. The Morgan fingerprint density at radius 1 is 1.44 bits per heavy atom. The van der Waals surface area contributed by atoms with E-state index in [4.69, 9.17) is 1.37 Å². The van der Waals surface area contributed by atoms with Gasteiger partial charge in [-0.1, -0.05) is 0 Å². The second-order valence-corrected chi connectivity index (χ2v) is 1.86. The van der Waals surface area contributed by atoms with Gasteiger partial charge in [0.05, 0.1) is 0 Å². The van der Waals surface area contributed by atoms with Crippen LogP contribution in [0.3, 0.4) is 0 Å². The smallest absolute Gasteiger partial charge is 0.235 e. The number of thiocarbonyl (C=S) groups is 1. The van der Waals surface area contributed by atoms with Gasteiger partial charge in [-0.05, 0) is 12.2 Å². The maximum atomic E-state index is 10.6. The van der Waals surface area contributed by atoms with Crippen molar-refractivity contribution in [1.29, 1.82) is 0 Å². The average Bonchev–Trinajstić information content (AvgIpc) is 1.82. The van der Waals surface area contributed by atoms with Crippen molar-refractivity contribution in [1.82, 2.24) is 10.6 Å². The highest BCUT2D eigenvalue weighted by Gasteiger charge is 2.17. The Morgan fingerprint density at radius 2 is 1.89 bits per heavy atom. The van der Waals surface area contributed by atoms with Gasteiger partial charge in [-0.15, -0.1) is 0 Å². The minimum atomic E-state index is -1.38. The molecule has 0 radical (unpaired) electrons. The third-order valence-corrected chi connectivity index (χ3v) is 0.940. The Labute approximate surface area is 58.0 Å². The molecule has 0 spiro atoms. The molecule has 48 valence electrons. The van der Waals surface area contributed by atoms with Crippen molar-refractivity contribution in [3.05, 3.63) is 0 Å². The summed E-state index contributed by atoms with van der Waals surface area (Å²) in [6.07, 6.45) is -1.38. The van der Waals surface area contributed by atoms with Gasteiger partial charge in [0, 0.05) is 1.37 Å². The van der Waals surface area contributed by atoms with Crippen LogP contribution in [0.1, 0.15) is 7.77 Å². The highest BCUT2D eigenvalue weighted by atomic mass is 32.1. The highest BCUT2D eigenvalue weighted by Crippen LogP contribution is 1.86.